The van der Waals surface area contributed by atoms with E-state index in [1.165, 1.54) is 0 Å². The lowest BCUT2D eigenvalue weighted by molar-refractivity contribution is -0.140. The number of benzene rings is 3. The molecule has 6 nitrogen and oxygen atoms in total. The summed E-state index contributed by atoms with van der Waals surface area (Å²) in [4.78, 5) is 27.9. The standard InChI is InChI=1S/C28H31ClN2O4/c1-20(28(33)30-16-15-22-11-14-25(34-2)26(17-22)35-3)31(19-23-9-12-24(29)13-10-23)27(32)18-21-7-5-4-6-8-21/h4-14,17,20H,15-16,18-19H2,1-3H3,(H,30,33)/t20-/m0/s1. The van der Waals surface area contributed by atoms with E-state index in [9.17, 15) is 9.59 Å². The van der Waals surface area contributed by atoms with Crippen molar-refractivity contribution in [2.24, 2.45) is 0 Å². The predicted molar refractivity (Wildman–Crippen MR) is 138 cm³/mol. The Labute approximate surface area is 211 Å². The van der Waals surface area contributed by atoms with Gasteiger partial charge in [0.1, 0.15) is 6.04 Å². The zero-order chi connectivity index (χ0) is 25.2. The van der Waals surface area contributed by atoms with Crippen molar-refractivity contribution in [3.05, 3.63) is 94.5 Å². The molecule has 0 aliphatic rings. The number of carbonyl (C=O) groups is 2. The quantitative estimate of drug-likeness (QED) is 0.420. The molecule has 0 bridgehead atoms. The predicted octanol–water partition coefficient (Wildman–Crippen LogP) is 4.68. The van der Waals surface area contributed by atoms with Gasteiger partial charge in [-0.15, -0.1) is 0 Å². The lowest BCUT2D eigenvalue weighted by Gasteiger charge is -2.29. The fourth-order valence-corrected chi connectivity index (χ4v) is 3.88. The van der Waals surface area contributed by atoms with Crippen LogP contribution >= 0.6 is 11.6 Å². The molecule has 3 aromatic rings. The molecule has 3 rings (SSSR count). The Morgan fingerprint density at radius 2 is 1.54 bits per heavy atom. The fraction of sp³-hybridized carbons (Fsp3) is 0.286. The van der Waals surface area contributed by atoms with Crippen molar-refractivity contribution in [2.45, 2.75) is 32.4 Å². The van der Waals surface area contributed by atoms with Crippen molar-refractivity contribution in [3.8, 4) is 11.5 Å². The first kappa shape index (κ1) is 26.1. The molecule has 0 saturated carbocycles. The number of carbonyl (C=O) groups excluding carboxylic acids is 2. The highest BCUT2D eigenvalue weighted by Gasteiger charge is 2.26. The summed E-state index contributed by atoms with van der Waals surface area (Å²) in [5.74, 6) is 0.976. The van der Waals surface area contributed by atoms with E-state index < -0.39 is 6.04 Å². The highest BCUT2D eigenvalue weighted by atomic mass is 35.5. The summed E-state index contributed by atoms with van der Waals surface area (Å²) in [6.45, 7) is 2.50. The molecule has 0 aromatic heterocycles. The van der Waals surface area contributed by atoms with Gasteiger partial charge in [-0.3, -0.25) is 9.59 Å². The smallest absolute Gasteiger partial charge is 0.242 e. The van der Waals surface area contributed by atoms with Crippen LogP contribution in [0.2, 0.25) is 5.02 Å². The number of ether oxygens (including phenoxy) is 2. The van der Waals surface area contributed by atoms with Gasteiger partial charge in [-0.1, -0.05) is 60.1 Å². The van der Waals surface area contributed by atoms with Gasteiger partial charge >= 0.3 is 0 Å². The first-order chi connectivity index (χ1) is 16.9. The van der Waals surface area contributed by atoms with Crippen molar-refractivity contribution < 1.29 is 19.1 Å². The third kappa shape index (κ3) is 7.49. The Morgan fingerprint density at radius 3 is 2.20 bits per heavy atom. The first-order valence-electron chi connectivity index (χ1n) is 11.5. The van der Waals surface area contributed by atoms with Crippen LogP contribution in [0.5, 0.6) is 11.5 Å². The van der Waals surface area contributed by atoms with Gasteiger partial charge in [0.2, 0.25) is 11.8 Å². The molecule has 1 atom stereocenters. The Morgan fingerprint density at radius 1 is 0.886 bits per heavy atom. The third-order valence-electron chi connectivity index (χ3n) is 5.79. The number of nitrogens with zero attached hydrogens (tertiary/aromatic N) is 1. The lowest BCUT2D eigenvalue weighted by atomic mass is 10.1. The zero-order valence-corrected chi connectivity index (χ0v) is 21.0. The van der Waals surface area contributed by atoms with Crippen LogP contribution in [0.25, 0.3) is 0 Å². The van der Waals surface area contributed by atoms with Crippen LogP contribution in [0.3, 0.4) is 0 Å². The van der Waals surface area contributed by atoms with E-state index >= 15 is 0 Å². The number of amides is 2. The normalized spacial score (nSPS) is 11.4. The first-order valence-corrected chi connectivity index (χ1v) is 11.9. The maximum Gasteiger partial charge on any atom is 0.242 e. The summed E-state index contributed by atoms with van der Waals surface area (Å²) >= 11 is 6.02. The average molecular weight is 495 g/mol. The summed E-state index contributed by atoms with van der Waals surface area (Å²) in [5, 5.41) is 3.59. The van der Waals surface area contributed by atoms with Crippen molar-refractivity contribution in [1.29, 1.82) is 0 Å². The number of methoxy groups -OCH3 is 2. The van der Waals surface area contributed by atoms with Crippen LogP contribution in [0.15, 0.2) is 72.8 Å². The molecule has 0 spiro atoms. The van der Waals surface area contributed by atoms with Crippen LogP contribution in [-0.2, 0) is 29.0 Å². The van der Waals surface area contributed by atoms with Gasteiger partial charge in [0.25, 0.3) is 0 Å². The van der Waals surface area contributed by atoms with Crippen molar-refractivity contribution in [3.63, 3.8) is 0 Å². The highest BCUT2D eigenvalue weighted by Crippen LogP contribution is 2.27. The minimum absolute atomic E-state index is 0.117. The monoisotopic (exact) mass is 494 g/mol. The van der Waals surface area contributed by atoms with Crippen molar-refractivity contribution in [2.75, 3.05) is 20.8 Å². The van der Waals surface area contributed by atoms with E-state index in [4.69, 9.17) is 21.1 Å². The average Bonchev–Trinajstić information content (AvgIpc) is 2.88. The van der Waals surface area contributed by atoms with Gasteiger partial charge in [-0.25, -0.2) is 0 Å². The molecule has 184 valence electrons. The summed E-state index contributed by atoms with van der Waals surface area (Å²) < 4.78 is 10.6. The Bertz CT molecular complexity index is 1120. The van der Waals surface area contributed by atoms with E-state index in [0.29, 0.717) is 36.0 Å². The molecule has 0 saturated heterocycles. The molecule has 0 unspecified atom stereocenters. The van der Waals surface area contributed by atoms with Crippen molar-refractivity contribution >= 4 is 23.4 Å². The Balaban J connectivity index is 1.67. The molecule has 0 aliphatic heterocycles. The summed E-state index contributed by atoms with van der Waals surface area (Å²) in [5.41, 5.74) is 2.81. The molecule has 0 radical (unpaired) electrons. The van der Waals surface area contributed by atoms with E-state index in [2.05, 4.69) is 5.32 Å². The van der Waals surface area contributed by atoms with Crippen molar-refractivity contribution in [1.82, 2.24) is 10.2 Å². The Hall–Kier alpha value is -3.51. The van der Waals surface area contributed by atoms with Gasteiger partial charge in [-0.05, 0) is 54.3 Å². The second-order valence-electron chi connectivity index (χ2n) is 8.22. The Kier molecular flexibility index (Phi) is 9.56. The number of halogens is 1. The largest absolute Gasteiger partial charge is 0.493 e. The second kappa shape index (κ2) is 12.8. The molecule has 3 aromatic carbocycles. The van der Waals surface area contributed by atoms with Gasteiger partial charge in [0.05, 0.1) is 20.6 Å². The van der Waals surface area contributed by atoms with Gasteiger partial charge in [0, 0.05) is 18.1 Å². The minimum Gasteiger partial charge on any atom is -0.493 e. The molecular formula is C28H31ClN2O4. The summed E-state index contributed by atoms with van der Waals surface area (Å²) in [6, 6.07) is 21.9. The molecule has 0 aliphatic carbocycles. The number of hydrogen-bond acceptors (Lipinski definition) is 4. The maximum absolute atomic E-state index is 13.3. The number of nitrogens with one attached hydrogen (secondary N) is 1. The lowest BCUT2D eigenvalue weighted by Crippen LogP contribution is -2.48. The molecular weight excluding hydrogens is 464 g/mol. The van der Waals surface area contributed by atoms with E-state index in [1.54, 1.807) is 38.2 Å². The second-order valence-corrected chi connectivity index (χ2v) is 8.65. The number of rotatable bonds is 11. The molecule has 35 heavy (non-hydrogen) atoms. The molecule has 0 heterocycles. The van der Waals surface area contributed by atoms with Crippen LogP contribution in [-0.4, -0.2) is 43.5 Å². The van der Waals surface area contributed by atoms with Crippen LogP contribution < -0.4 is 14.8 Å². The molecule has 2 amide bonds. The summed E-state index contributed by atoms with van der Waals surface area (Å²) in [6.07, 6.45) is 0.839. The van der Waals surface area contributed by atoms with Crippen LogP contribution in [0.1, 0.15) is 23.6 Å². The number of hydrogen-bond donors (Lipinski definition) is 1. The van der Waals surface area contributed by atoms with Gasteiger partial charge < -0.3 is 19.7 Å². The molecule has 1 N–H and O–H groups in total. The SMILES string of the molecule is COc1ccc(CCNC(=O)[C@H](C)N(Cc2ccc(Cl)cc2)C(=O)Cc2ccccc2)cc1OC. The van der Waals surface area contributed by atoms with E-state index in [1.807, 2.05) is 60.7 Å². The fourth-order valence-electron chi connectivity index (χ4n) is 3.76. The third-order valence-corrected chi connectivity index (χ3v) is 6.04. The highest BCUT2D eigenvalue weighted by molar-refractivity contribution is 6.30. The van der Waals surface area contributed by atoms with Crippen LogP contribution in [0.4, 0.5) is 0 Å². The van der Waals surface area contributed by atoms with Gasteiger partial charge in [-0.2, -0.15) is 0 Å². The maximum atomic E-state index is 13.3. The zero-order valence-electron chi connectivity index (χ0n) is 20.3. The minimum atomic E-state index is -0.646. The van der Waals surface area contributed by atoms with Crippen LogP contribution in [0, 0.1) is 0 Å². The van der Waals surface area contributed by atoms with Gasteiger partial charge in [0.15, 0.2) is 11.5 Å². The topological polar surface area (TPSA) is 67.9 Å². The molecule has 0 fully saturated rings. The van der Waals surface area contributed by atoms with E-state index in [0.717, 1.165) is 16.7 Å². The van der Waals surface area contributed by atoms with E-state index in [-0.39, 0.29) is 18.2 Å². The summed E-state index contributed by atoms with van der Waals surface area (Å²) in [7, 11) is 3.18. The molecule has 7 heteroatoms.